The Morgan fingerprint density at radius 3 is 2.41 bits per heavy atom. The molecule has 0 aliphatic heterocycles. The van der Waals surface area contributed by atoms with Gasteiger partial charge in [-0.1, -0.05) is 19.1 Å². The van der Waals surface area contributed by atoms with Gasteiger partial charge in [-0.3, -0.25) is 14.5 Å². The minimum atomic E-state index is -0.186. The Bertz CT molecular complexity index is 811. The van der Waals surface area contributed by atoms with Gasteiger partial charge in [0.05, 0.1) is 25.9 Å². The van der Waals surface area contributed by atoms with Gasteiger partial charge in [-0.05, 0) is 59.2 Å². The molecule has 0 fully saturated rings. The van der Waals surface area contributed by atoms with Gasteiger partial charge in [0, 0.05) is 16.2 Å². The van der Waals surface area contributed by atoms with E-state index in [-0.39, 0.29) is 24.9 Å². The van der Waals surface area contributed by atoms with Crippen molar-refractivity contribution in [2.75, 3.05) is 37.4 Å². The summed E-state index contributed by atoms with van der Waals surface area (Å²) in [7, 11) is 1.57. The lowest BCUT2D eigenvalue weighted by Crippen LogP contribution is -2.38. The second-order valence-electron chi connectivity index (χ2n) is 6.11. The molecule has 144 valence electrons. The number of halogens is 1. The molecule has 0 aliphatic rings. The molecule has 0 bridgehead atoms. The minimum absolute atomic E-state index is 0.121. The van der Waals surface area contributed by atoms with E-state index in [4.69, 9.17) is 4.74 Å². The van der Waals surface area contributed by atoms with E-state index in [1.54, 1.807) is 30.2 Å². The van der Waals surface area contributed by atoms with Crippen LogP contribution in [0.2, 0.25) is 0 Å². The third-order valence-corrected chi connectivity index (χ3v) is 4.59. The van der Waals surface area contributed by atoms with Gasteiger partial charge in [0.1, 0.15) is 5.75 Å². The normalized spacial score (nSPS) is 10.6. The Morgan fingerprint density at radius 2 is 1.78 bits per heavy atom. The van der Waals surface area contributed by atoms with Gasteiger partial charge in [-0.25, -0.2) is 0 Å². The van der Waals surface area contributed by atoms with Crippen molar-refractivity contribution in [3.05, 3.63) is 52.5 Å². The Labute approximate surface area is 168 Å². The van der Waals surface area contributed by atoms with E-state index in [0.717, 1.165) is 10.0 Å². The lowest BCUT2D eigenvalue weighted by atomic mass is 10.2. The molecule has 0 aromatic heterocycles. The van der Waals surface area contributed by atoms with Crippen LogP contribution in [0.3, 0.4) is 0 Å². The Balaban J connectivity index is 1.89. The van der Waals surface area contributed by atoms with E-state index in [1.165, 1.54) is 0 Å². The molecular formula is C20H24BrN3O3. The number of nitrogens with one attached hydrogen (secondary N) is 2. The number of anilines is 2. The molecule has 2 rings (SSSR count). The standard InChI is InChI=1S/C20H24BrN3O3/c1-4-24(12-19(25)22-15-6-5-7-16(11-15)27-3)13-20(26)23-18-9-8-14(2)10-17(18)21/h5-11H,4,12-13H2,1-3H3,(H,22,25)(H,23,26). The zero-order chi connectivity index (χ0) is 19.8. The maximum atomic E-state index is 12.3. The third kappa shape index (κ3) is 6.69. The molecule has 6 nitrogen and oxygen atoms in total. The molecule has 2 amide bonds. The number of amides is 2. The van der Waals surface area contributed by atoms with E-state index in [1.807, 2.05) is 38.1 Å². The molecule has 0 atom stereocenters. The topological polar surface area (TPSA) is 70.7 Å². The number of hydrogen-bond donors (Lipinski definition) is 2. The van der Waals surface area contributed by atoms with Crippen LogP contribution in [0.1, 0.15) is 12.5 Å². The zero-order valence-electron chi connectivity index (χ0n) is 15.7. The van der Waals surface area contributed by atoms with Gasteiger partial charge in [0.15, 0.2) is 0 Å². The second kappa shape index (κ2) is 10.1. The summed E-state index contributed by atoms with van der Waals surface area (Å²) in [6.07, 6.45) is 0. The van der Waals surface area contributed by atoms with E-state index < -0.39 is 0 Å². The maximum Gasteiger partial charge on any atom is 0.238 e. The maximum absolute atomic E-state index is 12.3. The van der Waals surface area contributed by atoms with Crippen LogP contribution in [0.25, 0.3) is 0 Å². The van der Waals surface area contributed by atoms with Crippen LogP contribution in [0.15, 0.2) is 46.9 Å². The summed E-state index contributed by atoms with van der Waals surface area (Å²) in [5.74, 6) is 0.313. The highest BCUT2D eigenvalue weighted by molar-refractivity contribution is 9.10. The van der Waals surface area contributed by atoms with Crippen LogP contribution in [-0.4, -0.2) is 43.5 Å². The number of rotatable bonds is 8. The second-order valence-corrected chi connectivity index (χ2v) is 6.97. The third-order valence-electron chi connectivity index (χ3n) is 3.93. The van der Waals surface area contributed by atoms with E-state index in [0.29, 0.717) is 23.7 Å². The largest absolute Gasteiger partial charge is 0.497 e. The fourth-order valence-electron chi connectivity index (χ4n) is 2.50. The van der Waals surface area contributed by atoms with E-state index >= 15 is 0 Å². The van der Waals surface area contributed by atoms with Gasteiger partial charge in [0.2, 0.25) is 11.8 Å². The Morgan fingerprint density at radius 1 is 1.07 bits per heavy atom. The van der Waals surface area contributed by atoms with Crippen LogP contribution in [0.4, 0.5) is 11.4 Å². The smallest absolute Gasteiger partial charge is 0.238 e. The average Bonchev–Trinajstić information content (AvgIpc) is 2.63. The predicted octanol–water partition coefficient (Wildman–Crippen LogP) is 3.67. The van der Waals surface area contributed by atoms with Crippen molar-refractivity contribution < 1.29 is 14.3 Å². The van der Waals surface area contributed by atoms with Crippen molar-refractivity contribution in [2.24, 2.45) is 0 Å². The lowest BCUT2D eigenvalue weighted by Gasteiger charge is -2.19. The number of carbonyl (C=O) groups is 2. The highest BCUT2D eigenvalue weighted by Gasteiger charge is 2.14. The summed E-state index contributed by atoms with van der Waals surface area (Å²) in [6.45, 7) is 4.72. The highest BCUT2D eigenvalue weighted by Crippen LogP contribution is 2.23. The first kappa shape index (κ1) is 20.9. The average molecular weight is 434 g/mol. The Hall–Kier alpha value is -2.38. The number of aryl methyl sites for hydroxylation is 1. The predicted molar refractivity (Wildman–Crippen MR) is 111 cm³/mol. The van der Waals surface area contributed by atoms with Crippen LogP contribution >= 0.6 is 15.9 Å². The quantitative estimate of drug-likeness (QED) is 0.666. The fraction of sp³-hybridized carbons (Fsp3) is 0.300. The molecular weight excluding hydrogens is 410 g/mol. The molecule has 0 unspecified atom stereocenters. The molecule has 0 aliphatic carbocycles. The summed E-state index contributed by atoms with van der Waals surface area (Å²) in [5, 5.41) is 5.68. The molecule has 0 saturated carbocycles. The van der Waals surface area contributed by atoms with E-state index in [2.05, 4.69) is 26.6 Å². The number of hydrogen-bond acceptors (Lipinski definition) is 4. The summed E-state index contributed by atoms with van der Waals surface area (Å²) in [5.41, 5.74) is 2.47. The van der Waals surface area contributed by atoms with Gasteiger partial charge in [-0.15, -0.1) is 0 Å². The summed E-state index contributed by atoms with van der Waals surface area (Å²) >= 11 is 3.45. The summed E-state index contributed by atoms with van der Waals surface area (Å²) < 4.78 is 5.97. The number of benzene rings is 2. The fourth-order valence-corrected chi connectivity index (χ4v) is 3.09. The van der Waals surface area contributed by atoms with Crippen molar-refractivity contribution in [1.82, 2.24) is 4.90 Å². The number of likely N-dealkylation sites (N-methyl/N-ethyl adjacent to an activating group) is 1. The summed E-state index contributed by atoms with van der Waals surface area (Å²) in [4.78, 5) is 26.4. The van der Waals surface area contributed by atoms with Crippen LogP contribution in [-0.2, 0) is 9.59 Å². The van der Waals surface area contributed by atoms with E-state index in [9.17, 15) is 9.59 Å². The molecule has 0 radical (unpaired) electrons. The van der Waals surface area contributed by atoms with Crippen LogP contribution in [0.5, 0.6) is 5.75 Å². The first-order valence-electron chi connectivity index (χ1n) is 8.63. The van der Waals surface area contributed by atoms with Gasteiger partial charge >= 0.3 is 0 Å². The number of methoxy groups -OCH3 is 1. The van der Waals surface area contributed by atoms with Crippen molar-refractivity contribution >= 4 is 39.1 Å². The first-order valence-corrected chi connectivity index (χ1v) is 9.42. The lowest BCUT2D eigenvalue weighted by molar-refractivity contribution is -0.119. The molecule has 0 heterocycles. The van der Waals surface area contributed by atoms with Crippen molar-refractivity contribution in [2.45, 2.75) is 13.8 Å². The number of carbonyl (C=O) groups excluding carboxylic acids is 2. The SMILES string of the molecule is CCN(CC(=O)Nc1cccc(OC)c1)CC(=O)Nc1ccc(C)cc1Br. The number of nitrogens with zero attached hydrogens (tertiary/aromatic N) is 1. The van der Waals surface area contributed by atoms with Gasteiger partial charge in [-0.2, -0.15) is 0 Å². The minimum Gasteiger partial charge on any atom is -0.497 e. The molecule has 27 heavy (non-hydrogen) atoms. The molecule has 0 saturated heterocycles. The first-order chi connectivity index (χ1) is 12.9. The highest BCUT2D eigenvalue weighted by atomic mass is 79.9. The number of ether oxygens (including phenoxy) is 1. The van der Waals surface area contributed by atoms with Gasteiger partial charge in [0.25, 0.3) is 0 Å². The van der Waals surface area contributed by atoms with Crippen molar-refractivity contribution in [1.29, 1.82) is 0 Å². The van der Waals surface area contributed by atoms with Crippen molar-refractivity contribution in [3.63, 3.8) is 0 Å². The van der Waals surface area contributed by atoms with Crippen LogP contribution < -0.4 is 15.4 Å². The molecule has 7 heteroatoms. The van der Waals surface area contributed by atoms with Crippen molar-refractivity contribution in [3.8, 4) is 5.75 Å². The molecule has 2 aromatic rings. The van der Waals surface area contributed by atoms with Gasteiger partial charge < -0.3 is 15.4 Å². The molecule has 0 spiro atoms. The summed E-state index contributed by atoms with van der Waals surface area (Å²) in [6, 6.07) is 12.9. The monoisotopic (exact) mass is 433 g/mol. The zero-order valence-corrected chi connectivity index (χ0v) is 17.3. The molecule has 2 N–H and O–H groups in total. The van der Waals surface area contributed by atoms with Crippen LogP contribution in [0, 0.1) is 6.92 Å². The molecule has 2 aromatic carbocycles. The Kier molecular flexibility index (Phi) is 7.82.